The highest BCUT2D eigenvalue weighted by Crippen LogP contribution is 2.31. The fourth-order valence-electron chi connectivity index (χ4n) is 4.95. The first-order valence-corrected chi connectivity index (χ1v) is 15.4. The monoisotopic (exact) mass is 626 g/mol. The van der Waals surface area contributed by atoms with Crippen LogP contribution in [-0.2, 0) is 14.3 Å². The maximum Gasteiger partial charge on any atom is 0.321 e. The summed E-state index contributed by atoms with van der Waals surface area (Å²) in [6.07, 6.45) is 2.08. The molecular formula is C33H46N4O8. The molecule has 2 aromatic rings. The van der Waals surface area contributed by atoms with Gasteiger partial charge in [-0.05, 0) is 69.2 Å². The van der Waals surface area contributed by atoms with Crippen LogP contribution < -0.4 is 20.1 Å². The third kappa shape index (κ3) is 10.4. The Morgan fingerprint density at radius 1 is 1.07 bits per heavy atom. The molecule has 2 aromatic carbocycles. The lowest BCUT2D eigenvalue weighted by Crippen LogP contribution is -2.50. The number of methoxy groups -OCH3 is 1. The molecule has 1 heterocycles. The van der Waals surface area contributed by atoms with E-state index in [0.717, 1.165) is 0 Å². The summed E-state index contributed by atoms with van der Waals surface area (Å²) < 4.78 is 16.5. The highest BCUT2D eigenvalue weighted by Gasteiger charge is 2.34. The van der Waals surface area contributed by atoms with E-state index in [1.54, 1.807) is 75.4 Å². The van der Waals surface area contributed by atoms with Crippen LogP contribution in [0.4, 0.5) is 16.2 Å². The molecule has 0 spiro atoms. The van der Waals surface area contributed by atoms with E-state index in [4.69, 9.17) is 14.2 Å². The number of unbranched alkanes of at least 4 members (excludes halogenated alkanes) is 2. The number of carbonyl (C=O) groups is 4. The molecular weight excluding hydrogens is 580 g/mol. The molecule has 0 saturated carbocycles. The number of carbonyl (C=O) groups excluding carboxylic acids is 4. The molecule has 45 heavy (non-hydrogen) atoms. The first kappa shape index (κ1) is 35.2. The number of benzene rings is 2. The summed E-state index contributed by atoms with van der Waals surface area (Å²) in [7, 11) is 3.24. The normalized spacial score (nSPS) is 16.8. The zero-order valence-corrected chi connectivity index (χ0v) is 26.8. The molecule has 0 radical (unpaired) electrons. The van der Waals surface area contributed by atoms with Gasteiger partial charge in [0.05, 0.1) is 38.5 Å². The number of rotatable bonds is 14. The van der Waals surface area contributed by atoms with Crippen LogP contribution in [0.1, 0.15) is 63.2 Å². The average Bonchev–Trinajstić information content (AvgIpc) is 3.02. The average molecular weight is 627 g/mol. The van der Waals surface area contributed by atoms with Crippen LogP contribution in [0.3, 0.4) is 0 Å². The molecule has 3 rings (SSSR count). The number of esters is 1. The molecule has 0 unspecified atom stereocenters. The Hall–Kier alpha value is -4.32. The van der Waals surface area contributed by atoms with Crippen LogP contribution in [0, 0.1) is 5.92 Å². The van der Waals surface area contributed by atoms with E-state index in [-0.39, 0.29) is 54.9 Å². The Morgan fingerprint density at radius 2 is 1.76 bits per heavy atom. The zero-order chi connectivity index (χ0) is 32.9. The second-order valence-electron chi connectivity index (χ2n) is 11.3. The molecule has 4 amide bonds. The second kappa shape index (κ2) is 17.2. The number of aliphatic hydroxyl groups is 1. The standard InChI is InChI=1S/C33H46N4O8/c1-6-44-31(40)11-9-7-8-10-30(39)34-25-14-17-28-27(18-25)32(41)37(23(3)21-38)19-22(2)29(45-28)20-36(4)33(42)35-24-12-15-26(43-5)16-13-24/h12-18,22-23,29,38H,6-11,19-21H2,1-5H3,(H,34,39)(H,35,42)/t22-,23+,29+/m0/s1. The van der Waals surface area contributed by atoms with Crippen LogP contribution in [0.15, 0.2) is 42.5 Å². The number of anilines is 2. The van der Waals surface area contributed by atoms with Crippen LogP contribution in [0.2, 0.25) is 0 Å². The summed E-state index contributed by atoms with van der Waals surface area (Å²) in [5.41, 5.74) is 1.31. The van der Waals surface area contributed by atoms with Crippen molar-refractivity contribution in [3.63, 3.8) is 0 Å². The Balaban J connectivity index is 1.71. The third-order valence-corrected chi connectivity index (χ3v) is 7.68. The van der Waals surface area contributed by atoms with Gasteiger partial charge >= 0.3 is 12.0 Å². The summed E-state index contributed by atoms with van der Waals surface area (Å²) in [5, 5.41) is 15.6. The molecule has 0 bridgehead atoms. The van der Waals surface area contributed by atoms with Crippen LogP contribution in [-0.4, -0.2) is 91.3 Å². The van der Waals surface area contributed by atoms with Crippen molar-refractivity contribution in [3.8, 4) is 11.5 Å². The van der Waals surface area contributed by atoms with Gasteiger partial charge in [0.2, 0.25) is 5.91 Å². The molecule has 12 nitrogen and oxygen atoms in total. The van der Waals surface area contributed by atoms with E-state index in [2.05, 4.69) is 10.6 Å². The highest BCUT2D eigenvalue weighted by atomic mass is 16.5. The molecule has 3 atom stereocenters. The van der Waals surface area contributed by atoms with Crippen LogP contribution in [0.25, 0.3) is 0 Å². The number of likely N-dealkylation sites (N-methyl/N-ethyl adjacent to an activating group) is 1. The smallest absolute Gasteiger partial charge is 0.321 e. The van der Waals surface area contributed by atoms with Gasteiger partial charge in [0, 0.05) is 43.7 Å². The van der Waals surface area contributed by atoms with Crippen molar-refractivity contribution in [2.24, 2.45) is 5.92 Å². The Kier molecular flexibility index (Phi) is 13.5. The summed E-state index contributed by atoms with van der Waals surface area (Å²) in [5.74, 6) is 0.0559. The molecule has 246 valence electrons. The minimum Gasteiger partial charge on any atom is -0.497 e. The minimum absolute atomic E-state index is 0.185. The third-order valence-electron chi connectivity index (χ3n) is 7.68. The number of nitrogens with zero attached hydrogens (tertiary/aromatic N) is 2. The van der Waals surface area contributed by atoms with E-state index in [9.17, 15) is 24.3 Å². The predicted octanol–water partition coefficient (Wildman–Crippen LogP) is 4.53. The lowest BCUT2D eigenvalue weighted by molar-refractivity contribution is -0.143. The van der Waals surface area contributed by atoms with Gasteiger partial charge < -0.3 is 39.8 Å². The predicted molar refractivity (Wildman–Crippen MR) is 171 cm³/mol. The summed E-state index contributed by atoms with van der Waals surface area (Å²) >= 11 is 0. The first-order chi connectivity index (χ1) is 21.6. The fourth-order valence-corrected chi connectivity index (χ4v) is 4.95. The van der Waals surface area contributed by atoms with Crippen LogP contribution in [0.5, 0.6) is 11.5 Å². The lowest BCUT2D eigenvalue weighted by Gasteiger charge is -2.38. The van der Waals surface area contributed by atoms with Crippen molar-refractivity contribution in [2.75, 3.05) is 51.1 Å². The number of ether oxygens (including phenoxy) is 3. The van der Waals surface area contributed by atoms with Crippen molar-refractivity contribution in [2.45, 2.75) is 65.0 Å². The van der Waals surface area contributed by atoms with E-state index in [0.29, 0.717) is 61.7 Å². The van der Waals surface area contributed by atoms with Gasteiger partial charge in [-0.1, -0.05) is 13.3 Å². The minimum atomic E-state index is -0.480. The topological polar surface area (TPSA) is 147 Å². The second-order valence-corrected chi connectivity index (χ2v) is 11.3. The lowest BCUT2D eigenvalue weighted by atomic mass is 9.99. The number of nitrogens with one attached hydrogen (secondary N) is 2. The van der Waals surface area contributed by atoms with E-state index < -0.39 is 12.1 Å². The van der Waals surface area contributed by atoms with E-state index >= 15 is 0 Å². The van der Waals surface area contributed by atoms with Crippen molar-refractivity contribution in [1.82, 2.24) is 9.80 Å². The number of fused-ring (bicyclic) bond motifs is 1. The molecule has 0 aromatic heterocycles. The van der Waals surface area contributed by atoms with Gasteiger partial charge in [0.15, 0.2) is 0 Å². The SMILES string of the molecule is CCOC(=O)CCCCCC(=O)Nc1ccc2c(c1)C(=O)N([C@H](C)CO)C[C@H](C)[C@@H](CN(C)C(=O)Nc1ccc(OC)cc1)O2. The largest absolute Gasteiger partial charge is 0.497 e. The number of amides is 4. The van der Waals surface area contributed by atoms with Gasteiger partial charge in [-0.15, -0.1) is 0 Å². The maximum atomic E-state index is 13.7. The Bertz CT molecular complexity index is 1300. The van der Waals surface area contributed by atoms with Gasteiger partial charge in [-0.3, -0.25) is 14.4 Å². The number of urea groups is 1. The molecule has 1 aliphatic heterocycles. The van der Waals surface area contributed by atoms with Crippen molar-refractivity contribution in [1.29, 1.82) is 0 Å². The van der Waals surface area contributed by atoms with E-state index in [1.165, 1.54) is 4.90 Å². The van der Waals surface area contributed by atoms with Crippen molar-refractivity contribution >= 4 is 35.2 Å². The van der Waals surface area contributed by atoms with Crippen molar-refractivity contribution in [3.05, 3.63) is 48.0 Å². The molecule has 0 aliphatic carbocycles. The van der Waals surface area contributed by atoms with E-state index in [1.807, 2.05) is 6.92 Å². The highest BCUT2D eigenvalue weighted by molar-refractivity contribution is 6.00. The van der Waals surface area contributed by atoms with Gasteiger partial charge in [-0.25, -0.2) is 4.79 Å². The first-order valence-electron chi connectivity index (χ1n) is 15.4. The van der Waals surface area contributed by atoms with Crippen LogP contribution >= 0.6 is 0 Å². The number of hydrogen-bond acceptors (Lipinski definition) is 8. The summed E-state index contributed by atoms with van der Waals surface area (Å²) in [4.78, 5) is 54.0. The quantitative estimate of drug-likeness (QED) is 0.205. The molecule has 1 aliphatic rings. The zero-order valence-electron chi connectivity index (χ0n) is 26.8. The maximum absolute atomic E-state index is 13.7. The fraction of sp³-hybridized carbons (Fsp3) is 0.515. The molecule has 3 N–H and O–H groups in total. The summed E-state index contributed by atoms with van der Waals surface area (Å²) in [6, 6.07) is 11.1. The molecule has 0 fully saturated rings. The molecule has 0 saturated heterocycles. The number of aliphatic hydroxyl groups excluding tert-OH is 1. The van der Waals surface area contributed by atoms with Gasteiger partial charge in [-0.2, -0.15) is 0 Å². The van der Waals surface area contributed by atoms with Gasteiger partial charge in [0.25, 0.3) is 5.91 Å². The molecule has 12 heteroatoms. The van der Waals surface area contributed by atoms with Crippen molar-refractivity contribution < 1.29 is 38.5 Å². The Labute approximate surface area is 265 Å². The number of hydrogen-bond donors (Lipinski definition) is 3. The Morgan fingerprint density at radius 3 is 2.42 bits per heavy atom. The van der Waals surface area contributed by atoms with Gasteiger partial charge in [0.1, 0.15) is 17.6 Å². The summed E-state index contributed by atoms with van der Waals surface area (Å²) in [6.45, 7) is 6.12.